The number of aliphatic hydroxyl groups excluding tert-OH is 2. The van der Waals surface area contributed by atoms with Crippen molar-refractivity contribution in [2.24, 2.45) is 0 Å². The summed E-state index contributed by atoms with van der Waals surface area (Å²) in [6.45, 7) is 3.56. The first-order chi connectivity index (χ1) is 6.02. The van der Waals surface area contributed by atoms with Crippen molar-refractivity contribution >= 4 is 5.91 Å². The zero-order chi connectivity index (χ0) is 10.0. The van der Waals surface area contributed by atoms with Gasteiger partial charge in [-0.1, -0.05) is 0 Å². The average Bonchev–Trinajstić information content (AvgIpc) is 2.29. The monoisotopic (exact) mass is 188 g/mol. The number of carbonyl (C=O) groups is 1. The molecule has 0 unspecified atom stereocenters. The number of hydrogen-bond donors (Lipinski definition) is 4. The highest BCUT2D eigenvalue weighted by Gasteiger charge is 2.38. The van der Waals surface area contributed by atoms with Crippen molar-refractivity contribution in [3.05, 3.63) is 0 Å². The molecular weight excluding hydrogens is 172 g/mol. The normalized spacial score (nSPS) is 39.1. The van der Waals surface area contributed by atoms with Gasteiger partial charge in [0.25, 0.3) is 0 Å². The van der Waals surface area contributed by atoms with E-state index < -0.39 is 12.2 Å². The van der Waals surface area contributed by atoms with E-state index in [9.17, 15) is 15.0 Å². The fourth-order valence-corrected chi connectivity index (χ4v) is 1.50. The summed E-state index contributed by atoms with van der Waals surface area (Å²) in [6, 6.07) is -0.386. The van der Waals surface area contributed by atoms with E-state index in [-0.39, 0.29) is 18.0 Å². The molecular formula is C8H16N2O3. The number of hydrogen-bond acceptors (Lipinski definition) is 4. The summed E-state index contributed by atoms with van der Waals surface area (Å²) in [5, 5.41) is 24.4. The molecule has 1 aliphatic rings. The van der Waals surface area contributed by atoms with Crippen molar-refractivity contribution in [1.82, 2.24) is 10.6 Å². The van der Waals surface area contributed by atoms with Gasteiger partial charge in [-0.15, -0.1) is 0 Å². The maximum atomic E-state index is 10.6. The molecule has 0 bridgehead atoms. The number of nitrogens with one attached hydrogen (secondary N) is 2. The van der Waals surface area contributed by atoms with Gasteiger partial charge in [-0.2, -0.15) is 0 Å². The Balaban J connectivity index is 2.40. The molecule has 0 aromatic heterocycles. The molecule has 1 aliphatic heterocycles. The third-order valence-electron chi connectivity index (χ3n) is 2.32. The lowest BCUT2D eigenvalue weighted by Crippen LogP contribution is -2.43. The van der Waals surface area contributed by atoms with Crippen LogP contribution in [0.15, 0.2) is 0 Å². The first kappa shape index (κ1) is 10.4. The third kappa shape index (κ3) is 2.40. The Morgan fingerprint density at radius 3 is 2.46 bits per heavy atom. The van der Waals surface area contributed by atoms with Gasteiger partial charge in [0.15, 0.2) is 0 Å². The minimum atomic E-state index is -0.804. The molecule has 0 saturated carbocycles. The summed E-state index contributed by atoms with van der Waals surface area (Å²) in [4.78, 5) is 10.6. The lowest BCUT2D eigenvalue weighted by atomic mass is 10.1. The Labute approximate surface area is 77.1 Å². The van der Waals surface area contributed by atoms with E-state index in [2.05, 4.69) is 10.6 Å². The molecule has 13 heavy (non-hydrogen) atoms. The smallest absolute Gasteiger partial charge is 0.216 e. The van der Waals surface area contributed by atoms with Crippen LogP contribution in [-0.4, -0.2) is 47.0 Å². The second-order valence-electron chi connectivity index (χ2n) is 3.48. The number of amides is 1. The molecule has 4 N–H and O–H groups in total. The van der Waals surface area contributed by atoms with E-state index in [4.69, 9.17) is 0 Å². The Kier molecular flexibility index (Phi) is 3.24. The fraction of sp³-hybridized carbons (Fsp3) is 0.875. The molecule has 5 nitrogen and oxygen atoms in total. The van der Waals surface area contributed by atoms with Crippen LogP contribution in [0, 0.1) is 0 Å². The topological polar surface area (TPSA) is 81.6 Å². The van der Waals surface area contributed by atoms with Gasteiger partial charge in [-0.3, -0.25) is 4.79 Å². The fourth-order valence-electron chi connectivity index (χ4n) is 1.50. The molecule has 1 rings (SSSR count). The van der Waals surface area contributed by atoms with Crippen molar-refractivity contribution in [2.45, 2.75) is 38.1 Å². The summed E-state index contributed by atoms with van der Waals surface area (Å²) in [5.74, 6) is -0.136. The molecule has 0 radical (unpaired) electrons. The molecule has 0 aliphatic carbocycles. The van der Waals surface area contributed by atoms with Crippen molar-refractivity contribution in [2.75, 3.05) is 6.54 Å². The van der Waals surface area contributed by atoms with Crippen molar-refractivity contribution < 1.29 is 15.0 Å². The molecule has 4 atom stereocenters. The quantitative estimate of drug-likeness (QED) is 0.412. The highest BCUT2D eigenvalue weighted by atomic mass is 16.3. The van der Waals surface area contributed by atoms with Gasteiger partial charge < -0.3 is 20.8 Å². The molecule has 0 aromatic rings. The molecule has 1 saturated heterocycles. The van der Waals surface area contributed by atoms with Crippen LogP contribution in [0.2, 0.25) is 0 Å². The van der Waals surface area contributed by atoms with E-state index in [0.717, 1.165) is 0 Å². The average molecular weight is 188 g/mol. The summed E-state index contributed by atoms with van der Waals surface area (Å²) in [5.41, 5.74) is 0. The van der Waals surface area contributed by atoms with Gasteiger partial charge >= 0.3 is 0 Å². The van der Waals surface area contributed by atoms with Gasteiger partial charge in [0.1, 0.15) is 0 Å². The molecule has 1 fully saturated rings. The van der Waals surface area contributed by atoms with Crippen LogP contribution in [-0.2, 0) is 4.79 Å². The van der Waals surface area contributed by atoms with Crippen LogP contribution in [0.5, 0.6) is 0 Å². The van der Waals surface area contributed by atoms with Crippen molar-refractivity contribution in [3.63, 3.8) is 0 Å². The van der Waals surface area contributed by atoms with Gasteiger partial charge in [0.2, 0.25) is 5.91 Å². The number of aliphatic hydroxyl groups is 2. The van der Waals surface area contributed by atoms with Crippen molar-refractivity contribution in [1.29, 1.82) is 0 Å². The first-order valence-electron chi connectivity index (χ1n) is 4.39. The van der Waals surface area contributed by atoms with Crippen LogP contribution in [0.4, 0.5) is 0 Å². The summed E-state index contributed by atoms with van der Waals surface area (Å²) in [6.07, 6.45) is -1.55. The minimum Gasteiger partial charge on any atom is -0.389 e. The molecule has 0 spiro atoms. The highest BCUT2D eigenvalue weighted by molar-refractivity contribution is 5.72. The van der Waals surface area contributed by atoms with Crippen LogP contribution >= 0.6 is 0 Å². The zero-order valence-electron chi connectivity index (χ0n) is 7.82. The van der Waals surface area contributed by atoms with Gasteiger partial charge in [0, 0.05) is 19.5 Å². The lowest BCUT2D eigenvalue weighted by Gasteiger charge is -2.15. The van der Waals surface area contributed by atoms with Crippen LogP contribution in [0.25, 0.3) is 0 Å². The second kappa shape index (κ2) is 4.04. The SMILES string of the molecule is CC(=O)NC[C@H]1N[C@H](C)[C@@H](O)[C@@H]1O. The van der Waals surface area contributed by atoms with Crippen LogP contribution in [0.1, 0.15) is 13.8 Å². The Bertz CT molecular complexity index is 198. The Morgan fingerprint density at radius 1 is 1.46 bits per heavy atom. The van der Waals surface area contributed by atoms with Crippen LogP contribution < -0.4 is 10.6 Å². The number of carbonyl (C=O) groups excluding carboxylic acids is 1. The van der Waals surface area contributed by atoms with E-state index in [1.807, 2.05) is 0 Å². The maximum absolute atomic E-state index is 10.6. The minimum absolute atomic E-state index is 0.131. The van der Waals surface area contributed by atoms with Crippen LogP contribution in [0.3, 0.4) is 0 Å². The standard InChI is InChI=1S/C8H16N2O3/c1-4-7(12)8(13)6(10-4)3-9-5(2)11/h4,6-8,10,12-13H,3H2,1-2H3,(H,9,11)/t4-,6-,7-,8-/m1/s1. The molecule has 1 amide bonds. The third-order valence-corrected chi connectivity index (χ3v) is 2.32. The van der Waals surface area contributed by atoms with Crippen molar-refractivity contribution in [3.8, 4) is 0 Å². The van der Waals surface area contributed by atoms with Gasteiger partial charge in [-0.25, -0.2) is 0 Å². The number of rotatable bonds is 2. The molecule has 76 valence electrons. The Hall–Kier alpha value is -0.650. The summed E-state index contributed by atoms with van der Waals surface area (Å²) in [7, 11) is 0. The summed E-state index contributed by atoms with van der Waals surface area (Å²) >= 11 is 0. The highest BCUT2D eigenvalue weighted by Crippen LogP contribution is 2.13. The van der Waals surface area contributed by atoms with E-state index in [0.29, 0.717) is 6.54 Å². The zero-order valence-corrected chi connectivity index (χ0v) is 7.82. The van der Waals surface area contributed by atoms with Gasteiger partial charge in [-0.05, 0) is 6.92 Å². The predicted molar refractivity (Wildman–Crippen MR) is 47.1 cm³/mol. The van der Waals surface area contributed by atoms with E-state index in [1.165, 1.54) is 6.92 Å². The lowest BCUT2D eigenvalue weighted by molar-refractivity contribution is -0.119. The largest absolute Gasteiger partial charge is 0.389 e. The predicted octanol–water partition coefficient (Wildman–Crippen LogP) is -1.80. The Morgan fingerprint density at radius 2 is 2.08 bits per heavy atom. The van der Waals surface area contributed by atoms with E-state index in [1.54, 1.807) is 6.92 Å². The summed E-state index contributed by atoms with van der Waals surface area (Å²) < 4.78 is 0. The second-order valence-corrected chi connectivity index (χ2v) is 3.48. The molecule has 1 heterocycles. The van der Waals surface area contributed by atoms with E-state index >= 15 is 0 Å². The maximum Gasteiger partial charge on any atom is 0.216 e. The molecule has 0 aromatic carbocycles. The van der Waals surface area contributed by atoms with Gasteiger partial charge in [0.05, 0.1) is 18.2 Å². The molecule has 5 heteroatoms. The first-order valence-corrected chi connectivity index (χ1v) is 4.39.